The molecule has 1 aromatic heterocycles. The minimum atomic E-state index is 0.0317. The Hall–Kier alpha value is -1.85. The Labute approximate surface area is 105 Å². The summed E-state index contributed by atoms with van der Waals surface area (Å²) in [6.45, 7) is 0.772. The molecule has 0 aliphatic heterocycles. The zero-order valence-electron chi connectivity index (χ0n) is 10.1. The highest BCUT2D eigenvalue weighted by Crippen LogP contribution is 2.14. The lowest BCUT2D eigenvalue weighted by molar-refractivity contribution is 0.155. The lowest BCUT2D eigenvalue weighted by Crippen LogP contribution is -1.95. The average Bonchev–Trinajstić information content (AvgIpc) is 2.85. The van der Waals surface area contributed by atoms with Gasteiger partial charge in [0.15, 0.2) is 5.76 Å². The number of hydrogen-bond donors (Lipinski definition) is 1. The van der Waals surface area contributed by atoms with Crippen molar-refractivity contribution >= 4 is 0 Å². The summed E-state index contributed by atoms with van der Waals surface area (Å²) >= 11 is 0. The number of rotatable bonds is 6. The van der Waals surface area contributed by atoms with Crippen LogP contribution < -0.4 is 4.74 Å². The van der Waals surface area contributed by atoms with E-state index in [1.165, 1.54) is 0 Å². The van der Waals surface area contributed by atoms with Crippen LogP contribution in [-0.2, 0) is 24.6 Å². The van der Waals surface area contributed by atoms with Gasteiger partial charge in [-0.15, -0.1) is 0 Å². The first-order valence-electron chi connectivity index (χ1n) is 5.58. The molecule has 0 aliphatic carbocycles. The van der Waals surface area contributed by atoms with Crippen LogP contribution in [0.15, 0.2) is 34.9 Å². The molecule has 1 heterocycles. The number of benzene rings is 1. The van der Waals surface area contributed by atoms with Crippen molar-refractivity contribution in [2.24, 2.45) is 0 Å². The molecule has 0 radical (unpaired) electrons. The SMILES string of the molecule is COCc1cc(COc2ccc(CO)cc2)no1. The van der Waals surface area contributed by atoms with E-state index in [1.807, 2.05) is 24.3 Å². The van der Waals surface area contributed by atoms with E-state index in [1.54, 1.807) is 13.2 Å². The van der Waals surface area contributed by atoms with Gasteiger partial charge in [-0.3, -0.25) is 0 Å². The molecule has 0 saturated carbocycles. The molecule has 1 aromatic carbocycles. The van der Waals surface area contributed by atoms with Crippen LogP contribution in [0, 0.1) is 0 Å². The molecule has 0 saturated heterocycles. The van der Waals surface area contributed by atoms with Gasteiger partial charge in [0.05, 0.1) is 6.61 Å². The summed E-state index contributed by atoms with van der Waals surface area (Å²) < 4.78 is 15.5. The summed E-state index contributed by atoms with van der Waals surface area (Å²) in [6.07, 6.45) is 0. The molecule has 5 nitrogen and oxygen atoms in total. The van der Waals surface area contributed by atoms with Crippen LogP contribution in [0.2, 0.25) is 0 Å². The molecule has 18 heavy (non-hydrogen) atoms. The molecule has 0 fully saturated rings. The fourth-order valence-electron chi connectivity index (χ4n) is 1.48. The molecule has 0 atom stereocenters. The van der Waals surface area contributed by atoms with E-state index in [4.69, 9.17) is 19.1 Å². The van der Waals surface area contributed by atoms with E-state index in [-0.39, 0.29) is 6.61 Å². The lowest BCUT2D eigenvalue weighted by Gasteiger charge is -2.04. The summed E-state index contributed by atoms with van der Waals surface area (Å²) in [5.74, 6) is 1.40. The summed E-state index contributed by atoms with van der Waals surface area (Å²) in [5.41, 5.74) is 1.57. The van der Waals surface area contributed by atoms with Crippen LogP contribution in [0.3, 0.4) is 0 Å². The highest BCUT2D eigenvalue weighted by molar-refractivity contribution is 5.27. The Morgan fingerprint density at radius 2 is 2.00 bits per heavy atom. The molecule has 5 heteroatoms. The van der Waals surface area contributed by atoms with Crippen molar-refractivity contribution in [2.75, 3.05) is 7.11 Å². The third-order valence-electron chi connectivity index (χ3n) is 2.39. The molecular formula is C13H15NO4. The molecule has 2 aromatic rings. The van der Waals surface area contributed by atoms with Gasteiger partial charge in [-0.05, 0) is 17.7 Å². The first kappa shape index (κ1) is 12.6. The first-order valence-corrected chi connectivity index (χ1v) is 5.58. The van der Waals surface area contributed by atoms with Crippen molar-refractivity contribution in [1.82, 2.24) is 5.16 Å². The topological polar surface area (TPSA) is 64.7 Å². The second kappa shape index (κ2) is 6.18. The van der Waals surface area contributed by atoms with Crippen LogP contribution in [0.4, 0.5) is 0 Å². The molecule has 0 amide bonds. The van der Waals surface area contributed by atoms with Crippen molar-refractivity contribution in [1.29, 1.82) is 0 Å². The van der Waals surface area contributed by atoms with E-state index in [0.29, 0.717) is 24.7 Å². The van der Waals surface area contributed by atoms with Crippen molar-refractivity contribution in [3.05, 3.63) is 47.3 Å². The van der Waals surface area contributed by atoms with Gasteiger partial charge in [0, 0.05) is 13.2 Å². The van der Waals surface area contributed by atoms with Gasteiger partial charge >= 0.3 is 0 Å². The van der Waals surface area contributed by atoms with Gasteiger partial charge in [0.2, 0.25) is 0 Å². The van der Waals surface area contributed by atoms with E-state index >= 15 is 0 Å². The first-order chi connectivity index (χ1) is 8.81. The van der Waals surface area contributed by atoms with Gasteiger partial charge in [0.1, 0.15) is 24.7 Å². The number of methoxy groups -OCH3 is 1. The van der Waals surface area contributed by atoms with E-state index in [9.17, 15) is 0 Å². The highest BCUT2D eigenvalue weighted by Gasteiger charge is 2.04. The second-order valence-electron chi connectivity index (χ2n) is 3.81. The summed E-state index contributed by atoms with van der Waals surface area (Å²) in [6, 6.07) is 9.04. The number of hydrogen-bond acceptors (Lipinski definition) is 5. The van der Waals surface area contributed by atoms with Gasteiger partial charge in [-0.1, -0.05) is 17.3 Å². The lowest BCUT2D eigenvalue weighted by atomic mass is 10.2. The van der Waals surface area contributed by atoms with Crippen molar-refractivity contribution in [3.8, 4) is 5.75 Å². The predicted octanol–water partition coefficient (Wildman–Crippen LogP) is 1.89. The Morgan fingerprint density at radius 3 is 2.67 bits per heavy atom. The summed E-state index contributed by atoms with van der Waals surface area (Å²) in [7, 11) is 1.60. The van der Waals surface area contributed by atoms with Crippen molar-refractivity contribution in [2.45, 2.75) is 19.8 Å². The third kappa shape index (κ3) is 3.32. The summed E-state index contributed by atoms with van der Waals surface area (Å²) in [4.78, 5) is 0. The largest absolute Gasteiger partial charge is 0.487 e. The third-order valence-corrected chi connectivity index (χ3v) is 2.39. The smallest absolute Gasteiger partial charge is 0.162 e. The van der Waals surface area contributed by atoms with Crippen molar-refractivity contribution in [3.63, 3.8) is 0 Å². The average molecular weight is 249 g/mol. The molecule has 0 bridgehead atoms. The number of nitrogens with zero attached hydrogens (tertiary/aromatic N) is 1. The zero-order chi connectivity index (χ0) is 12.8. The molecule has 0 aliphatic rings. The van der Waals surface area contributed by atoms with Crippen LogP contribution >= 0.6 is 0 Å². The maximum Gasteiger partial charge on any atom is 0.162 e. The Bertz CT molecular complexity index is 478. The molecule has 1 N–H and O–H groups in total. The standard InChI is InChI=1S/C13H15NO4/c1-16-9-13-6-11(14-18-13)8-17-12-4-2-10(7-15)3-5-12/h2-6,15H,7-9H2,1H3. The molecule has 0 unspecified atom stereocenters. The fourth-order valence-corrected chi connectivity index (χ4v) is 1.48. The van der Waals surface area contributed by atoms with Crippen LogP contribution in [0.1, 0.15) is 17.0 Å². The Morgan fingerprint density at radius 1 is 1.22 bits per heavy atom. The normalized spacial score (nSPS) is 10.6. The number of ether oxygens (including phenoxy) is 2. The van der Waals surface area contributed by atoms with Gasteiger partial charge in [0.25, 0.3) is 0 Å². The minimum Gasteiger partial charge on any atom is -0.487 e. The molecular weight excluding hydrogens is 234 g/mol. The zero-order valence-corrected chi connectivity index (χ0v) is 10.1. The van der Waals surface area contributed by atoms with Crippen LogP contribution in [0.5, 0.6) is 5.75 Å². The molecule has 2 rings (SSSR count). The van der Waals surface area contributed by atoms with E-state index < -0.39 is 0 Å². The van der Waals surface area contributed by atoms with Gasteiger partial charge in [-0.25, -0.2) is 0 Å². The minimum absolute atomic E-state index is 0.0317. The summed E-state index contributed by atoms with van der Waals surface area (Å²) in [5, 5.41) is 12.8. The number of aromatic nitrogens is 1. The maximum absolute atomic E-state index is 8.91. The molecule has 0 spiro atoms. The van der Waals surface area contributed by atoms with Crippen LogP contribution in [-0.4, -0.2) is 17.4 Å². The van der Waals surface area contributed by atoms with E-state index in [0.717, 1.165) is 11.3 Å². The number of aliphatic hydroxyl groups excluding tert-OH is 1. The van der Waals surface area contributed by atoms with Crippen molar-refractivity contribution < 1.29 is 19.1 Å². The Kier molecular flexibility index (Phi) is 4.33. The monoisotopic (exact) mass is 249 g/mol. The fraction of sp³-hybridized carbons (Fsp3) is 0.308. The molecule has 96 valence electrons. The van der Waals surface area contributed by atoms with Gasteiger partial charge < -0.3 is 19.1 Å². The van der Waals surface area contributed by atoms with Gasteiger partial charge in [-0.2, -0.15) is 0 Å². The Balaban J connectivity index is 1.89. The second-order valence-corrected chi connectivity index (χ2v) is 3.81. The maximum atomic E-state index is 8.91. The van der Waals surface area contributed by atoms with Crippen LogP contribution in [0.25, 0.3) is 0 Å². The quantitative estimate of drug-likeness (QED) is 0.847. The predicted molar refractivity (Wildman–Crippen MR) is 63.9 cm³/mol. The van der Waals surface area contributed by atoms with E-state index in [2.05, 4.69) is 5.16 Å². The highest BCUT2D eigenvalue weighted by atomic mass is 16.5. The number of aliphatic hydroxyl groups is 1.